The Kier molecular flexibility index (Phi) is 5.56. The third-order valence-corrected chi connectivity index (χ3v) is 5.24. The van der Waals surface area contributed by atoms with Crippen LogP contribution in [0.15, 0.2) is 53.7 Å². The summed E-state index contributed by atoms with van der Waals surface area (Å²) >= 11 is 6.13. The van der Waals surface area contributed by atoms with Crippen LogP contribution in [0.2, 0.25) is 5.02 Å². The normalized spacial score (nSPS) is 15.3. The first-order valence-electron chi connectivity index (χ1n) is 9.73. The molecule has 1 atom stereocenters. The van der Waals surface area contributed by atoms with Crippen LogP contribution in [-0.2, 0) is 4.79 Å². The van der Waals surface area contributed by atoms with E-state index in [2.05, 4.69) is 15.4 Å². The highest BCUT2D eigenvalue weighted by Crippen LogP contribution is 2.39. The molecule has 0 saturated heterocycles. The summed E-state index contributed by atoms with van der Waals surface area (Å²) in [5.41, 5.74) is 8.28. The number of allylic oxidation sites excluding steroid dienone is 1. The van der Waals surface area contributed by atoms with Crippen molar-refractivity contribution in [1.29, 1.82) is 0 Å². The summed E-state index contributed by atoms with van der Waals surface area (Å²) in [7, 11) is 1.57. The van der Waals surface area contributed by atoms with E-state index in [9.17, 15) is 4.79 Å². The van der Waals surface area contributed by atoms with Crippen molar-refractivity contribution >= 4 is 23.5 Å². The summed E-state index contributed by atoms with van der Waals surface area (Å²) in [6.07, 6.45) is 0. The number of hydrogen-bond acceptors (Lipinski definition) is 6. The number of amides is 1. The Hall–Kier alpha value is -3.52. The van der Waals surface area contributed by atoms with Gasteiger partial charge in [-0.3, -0.25) is 4.79 Å². The monoisotopic (exact) mass is 439 g/mol. The lowest BCUT2D eigenvalue weighted by Crippen LogP contribution is -2.31. The molecule has 2 heterocycles. The number of rotatable bonds is 6. The molecule has 9 heteroatoms. The zero-order valence-electron chi connectivity index (χ0n) is 17.3. The lowest BCUT2D eigenvalue weighted by atomic mass is 9.95. The van der Waals surface area contributed by atoms with Gasteiger partial charge in [-0.2, -0.15) is 4.98 Å². The van der Waals surface area contributed by atoms with Gasteiger partial charge in [0.05, 0.1) is 19.3 Å². The van der Waals surface area contributed by atoms with E-state index >= 15 is 0 Å². The number of aromatic nitrogens is 3. The fourth-order valence-corrected chi connectivity index (χ4v) is 3.85. The minimum Gasteiger partial charge on any atom is -0.493 e. The zero-order valence-corrected chi connectivity index (χ0v) is 18.1. The summed E-state index contributed by atoms with van der Waals surface area (Å²) in [6.45, 7) is 4.19. The highest BCUT2D eigenvalue weighted by Gasteiger charge is 2.34. The minimum absolute atomic E-state index is 0.390. The van der Waals surface area contributed by atoms with Crippen LogP contribution >= 0.6 is 11.6 Å². The first kappa shape index (κ1) is 20.7. The Balaban J connectivity index is 1.87. The number of hydrogen-bond donors (Lipinski definition) is 2. The fourth-order valence-electron chi connectivity index (χ4n) is 3.66. The molecule has 0 radical (unpaired) electrons. The first-order valence-corrected chi connectivity index (χ1v) is 10.1. The Morgan fingerprint density at radius 1 is 1.26 bits per heavy atom. The van der Waals surface area contributed by atoms with Crippen LogP contribution in [-0.4, -0.2) is 34.4 Å². The number of methoxy groups -OCH3 is 1. The van der Waals surface area contributed by atoms with Crippen molar-refractivity contribution in [1.82, 2.24) is 14.8 Å². The molecule has 1 aliphatic heterocycles. The Bertz CT molecular complexity index is 1190. The number of benzene rings is 2. The molecule has 8 nitrogen and oxygen atoms in total. The van der Waals surface area contributed by atoms with E-state index < -0.39 is 11.9 Å². The van der Waals surface area contributed by atoms with Gasteiger partial charge in [-0.05, 0) is 43.7 Å². The molecule has 3 aromatic rings. The second-order valence-corrected chi connectivity index (χ2v) is 7.42. The molecular formula is C22H22ClN5O3. The smallest absolute Gasteiger partial charge is 0.248 e. The van der Waals surface area contributed by atoms with Crippen molar-refractivity contribution in [3.63, 3.8) is 0 Å². The van der Waals surface area contributed by atoms with Crippen LogP contribution in [0.25, 0.3) is 11.4 Å². The quantitative estimate of drug-likeness (QED) is 0.605. The van der Waals surface area contributed by atoms with Crippen LogP contribution in [0.3, 0.4) is 0 Å². The third kappa shape index (κ3) is 3.82. The molecule has 0 aliphatic carbocycles. The molecule has 160 valence electrons. The van der Waals surface area contributed by atoms with E-state index in [4.69, 9.17) is 26.8 Å². The van der Waals surface area contributed by atoms with Gasteiger partial charge in [0.2, 0.25) is 11.9 Å². The van der Waals surface area contributed by atoms with Gasteiger partial charge in [-0.1, -0.05) is 29.8 Å². The molecule has 0 spiro atoms. The molecule has 31 heavy (non-hydrogen) atoms. The zero-order chi connectivity index (χ0) is 22.1. The molecule has 3 N–H and O–H groups in total. The summed E-state index contributed by atoms with van der Waals surface area (Å²) in [5, 5.41) is 8.39. The third-order valence-electron chi connectivity index (χ3n) is 5.00. The predicted octanol–water partition coefficient (Wildman–Crippen LogP) is 3.78. The topological polar surface area (TPSA) is 104 Å². The molecule has 1 amide bonds. The molecular weight excluding hydrogens is 418 g/mol. The lowest BCUT2D eigenvalue weighted by molar-refractivity contribution is -0.115. The number of carbonyl (C=O) groups is 1. The SMILES string of the molecule is CCOc1ccc([C@H]2C(C(N)=O)=C(C)Nc3nc(-c4cccc(Cl)c4)nn32)cc1OC. The number of anilines is 1. The second kappa shape index (κ2) is 8.31. The molecule has 1 aromatic heterocycles. The Morgan fingerprint density at radius 2 is 2.06 bits per heavy atom. The Morgan fingerprint density at radius 3 is 2.74 bits per heavy atom. The van der Waals surface area contributed by atoms with Crippen LogP contribution in [0.5, 0.6) is 11.5 Å². The number of primary amides is 1. The fraction of sp³-hybridized carbons (Fsp3) is 0.227. The van der Waals surface area contributed by atoms with Gasteiger partial charge in [0, 0.05) is 16.3 Å². The molecule has 4 rings (SSSR count). The van der Waals surface area contributed by atoms with E-state index in [0.717, 1.165) is 11.1 Å². The van der Waals surface area contributed by atoms with Crippen LogP contribution in [0.4, 0.5) is 5.95 Å². The van der Waals surface area contributed by atoms with Crippen LogP contribution < -0.4 is 20.5 Å². The average Bonchev–Trinajstić information content (AvgIpc) is 3.16. The number of nitrogens with zero attached hydrogens (tertiary/aromatic N) is 3. The molecule has 0 fully saturated rings. The lowest BCUT2D eigenvalue weighted by Gasteiger charge is -2.28. The molecule has 1 aliphatic rings. The van der Waals surface area contributed by atoms with Crippen molar-refractivity contribution in [3.8, 4) is 22.9 Å². The summed E-state index contributed by atoms with van der Waals surface area (Å²) < 4.78 is 12.8. The maximum absolute atomic E-state index is 12.4. The van der Waals surface area contributed by atoms with Crippen LogP contribution in [0.1, 0.15) is 25.5 Å². The Labute approximate surface area is 184 Å². The van der Waals surface area contributed by atoms with Gasteiger partial charge in [-0.25, -0.2) is 4.68 Å². The van der Waals surface area contributed by atoms with Gasteiger partial charge < -0.3 is 20.5 Å². The van der Waals surface area contributed by atoms with Crippen molar-refractivity contribution in [2.75, 3.05) is 19.0 Å². The van der Waals surface area contributed by atoms with Crippen molar-refractivity contribution < 1.29 is 14.3 Å². The highest BCUT2D eigenvalue weighted by atomic mass is 35.5. The summed E-state index contributed by atoms with van der Waals surface area (Å²) in [6, 6.07) is 12.2. The van der Waals surface area contributed by atoms with E-state index in [1.807, 2.05) is 37.3 Å². The van der Waals surface area contributed by atoms with Gasteiger partial charge in [0.1, 0.15) is 6.04 Å². The van der Waals surface area contributed by atoms with Gasteiger partial charge in [-0.15, -0.1) is 5.10 Å². The number of nitrogens with two attached hydrogens (primary N) is 1. The number of halogens is 1. The molecule has 0 unspecified atom stereocenters. The molecule has 0 bridgehead atoms. The van der Waals surface area contributed by atoms with Gasteiger partial charge in [0.15, 0.2) is 17.3 Å². The standard InChI is InChI=1S/C22H22ClN5O3/c1-4-31-16-9-8-13(11-17(16)30-3)19-18(20(24)29)12(2)25-22-26-21(27-28(19)22)14-6-5-7-15(23)10-14/h5-11,19H,4H2,1-3H3,(H2,24,29)(H,25,26,27)/t19-/m0/s1. The first-order chi connectivity index (χ1) is 14.9. The van der Waals surface area contributed by atoms with Crippen molar-refractivity contribution in [3.05, 3.63) is 64.3 Å². The number of nitrogens with one attached hydrogen (secondary N) is 1. The highest BCUT2D eigenvalue weighted by molar-refractivity contribution is 6.30. The summed E-state index contributed by atoms with van der Waals surface area (Å²) in [5.74, 6) is 1.59. The largest absolute Gasteiger partial charge is 0.493 e. The van der Waals surface area contributed by atoms with Crippen molar-refractivity contribution in [2.45, 2.75) is 19.9 Å². The van der Waals surface area contributed by atoms with E-state index in [1.54, 1.807) is 30.8 Å². The maximum Gasteiger partial charge on any atom is 0.248 e. The van der Waals surface area contributed by atoms with Gasteiger partial charge in [0.25, 0.3) is 0 Å². The maximum atomic E-state index is 12.4. The molecule has 0 saturated carbocycles. The van der Waals surface area contributed by atoms with E-state index in [1.165, 1.54) is 0 Å². The van der Waals surface area contributed by atoms with E-state index in [0.29, 0.717) is 46.2 Å². The summed E-state index contributed by atoms with van der Waals surface area (Å²) in [4.78, 5) is 17.0. The number of ether oxygens (including phenoxy) is 2. The van der Waals surface area contributed by atoms with E-state index in [-0.39, 0.29) is 0 Å². The molecule has 2 aromatic carbocycles. The number of fused-ring (bicyclic) bond motifs is 1. The minimum atomic E-state index is -0.584. The van der Waals surface area contributed by atoms with Crippen molar-refractivity contribution in [2.24, 2.45) is 5.73 Å². The average molecular weight is 440 g/mol. The predicted molar refractivity (Wildman–Crippen MR) is 118 cm³/mol. The van der Waals surface area contributed by atoms with Crippen LogP contribution in [0, 0.1) is 0 Å². The second-order valence-electron chi connectivity index (χ2n) is 6.99. The number of carbonyl (C=O) groups excluding carboxylic acids is 1. The van der Waals surface area contributed by atoms with Gasteiger partial charge >= 0.3 is 0 Å².